The summed E-state index contributed by atoms with van der Waals surface area (Å²) in [6.07, 6.45) is 0. The third kappa shape index (κ3) is 4.20. The molecule has 114 valence electrons. The predicted molar refractivity (Wildman–Crippen MR) is 80.5 cm³/mol. The third-order valence-corrected chi connectivity index (χ3v) is 2.93. The van der Waals surface area contributed by atoms with Gasteiger partial charge in [-0.05, 0) is 42.5 Å². The van der Waals surface area contributed by atoms with Gasteiger partial charge in [-0.3, -0.25) is 9.59 Å². The van der Waals surface area contributed by atoms with Crippen LogP contribution in [-0.4, -0.2) is 18.4 Å². The molecule has 0 fully saturated rings. The Bertz CT molecular complexity index is 704. The first-order valence-corrected chi connectivity index (χ1v) is 6.61. The molecule has 0 spiro atoms. The minimum absolute atomic E-state index is 0.0853. The van der Waals surface area contributed by atoms with Crippen molar-refractivity contribution in [1.82, 2.24) is 0 Å². The first kappa shape index (κ1) is 15.8. The maximum absolute atomic E-state index is 12.8. The molecule has 0 aromatic heterocycles. The largest absolute Gasteiger partial charge is 0.483 e. The highest BCUT2D eigenvalue weighted by molar-refractivity contribution is 6.31. The molecule has 0 heterocycles. The van der Waals surface area contributed by atoms with Crippen molar-refractivity contribution in [2.45, 2.75) is 0 Å². The highest BCUT2D eigenvalue weighted by atomic mass is 35.5. The van der Waals surface area contributed by atoms with Crippen LogP contribution in [0.4, 0.5) is 10.1 Å². The van der Waals surface area contributed by atoms with E-state index in [0.717, 1.165) is 0 Å². The van der Waals surface area contributed by atoms with E-state index in [4.69, 9.17) is 22.1 Å². The van der Waals surface area contributed by atoms with E-state index in [0.29, 0.717) is 10.7 Å². The second-order valence-corrected chi connectivity index (χ2v) is 4.78. The van der Waals surface area contributed by atoms with Gasteiger partial charge in [0.25, 0.3) is 11.8 Å². The van der Waals surface area contributed by atoms with E-state index in [2.05, 4.69) is 5.32 Å². The van der Waals surface area contributed by atoms with Gasteiger partial charge < -0.3 is 15.8 Å². The number of hydrogen-bond acceptors (Lipinski definition) is 3. The number of ether oxygens (including phenoxy) is 1. The summed E-state index contributed by atoms with van der Waals surface area (Å²) >= 11 is 5.77. The maximum Gasteiger partial charge on any atom is 0.262 e. The number of carbonyl (C=O) groups excluding carboxylic acids is 2. The van der Waals surface area contributed by atoms with E-state index >= 15 is 0 Å². The standard InChI is InChI=1S/C15H12ClFN2O3/c16-9-1-6-13(12(7-9)15(18)21)22-8-14(20)19-11-4-2-10(17)3-5-11/h1-7H,8H2,(H2,18,21)(H,19,20). The smallest absolute Gasteiger partial charge is 0.262 e. The van der Waals surface area contributed by atoms with Gasteiger partial charge in [-0.1, -0.05) is 11.6 Å². The van der Waals surface area contributed by atoms with Gasteiger partial charge in [0.1, 0.15) is 11.6 Å². The van der Waals surface area contributed by atoms with Gasteiger partial charge in [-0.15, -0.1) is 0 Å². The number of nitrogens with two attached hydrogens (primary N) is 1. The molecule has 0 aliphatic rings. The van der Waals surface area contributed by atoms with E-state index in [1.54, 1.807) is 0 Å². The molecule has 3 N–H and O–H groups in total. The number of carbonyl (C=O) groups is 2. The van der Waals surface area contributed by atoms with Crippen molar-refractivity contribution >= 4 is 29.1 Å². The first-order chi connectivity index (χ1) is 10.5. The van der Waals surface area contributed by atoms with E-state index in [1.165, 1.54) is 42.5 Å². The lowest BCUT2D eigenvalue weighted by atomic mass is 10.2. The summed E-state index contributed by atoms with van der Waals surface area (Å²) in [4.78, 5) is 23.0. The van der Waals surface area contributed by atoms with Crippen molar-refractivity contribution in [2.24, 2.45) is 5.73 Å². The molecule has 2 rings (SSSR count). The Morgan fingerprint density at radius 3 is 2.50 bits per heavy atom. The predicted octanol–water partition coefficient (Wildman–Crippen LogP) is 2.60. The normalized spacial score (nSPS) is 10.1. The van der Waals surface area contributed by atoms with Gasteiger partial charge in [-0.25, -0.2) is 4.39 Å². The van der Waals surface area contributed by atoms with Crippen LogP contribution in [-0.2, 0) is 4.79 Å². The highest BCUT2D eigenvalue weighted by Gasteiger charge is 2.12. The molecule has 2 amide bonds. The first-order valence-electron chi connectivity index (χ1n) is 6.23. The highest BCUT2D eigenvalue weighted by Crippen LogP contribution is 2.22. The zero-order valence-corrected chi connectivity index (χ0v) is 12.1. The number of halogens is 2. The molecule has 0 saturated carbocycles. The summed E-state index contributed by atoms with van der Waals surface area (Å²) in [5, 5.41) is 2.86. The van der Waals surface area contributed by atoms with Crippen molar-refractivity contribution in [3.8, 4) is 5.75 Å². The number of anilines is 1. The van der Waals surface area contributed by atoms with Crippen LogP contribution >= 0.6 is 11.6 Å². The molecular weight excluding hydrogens is 311 g/mol. The molecule has 2 aromatic rings. The molecule has 5 nitrogen and oxygen atoms in total. The van der Waals surface area contributed by atoms with Crippen LogP contribution in [0, 0.1) is 5.82 Å². The lowest BCUT2D eigenvalue weighted by Gasteiger charge is -2.10. The third-order valence-electron chi connectivity index (χ3n) is 2.69. The Hall–Kier alpha value is -2.60. The second kappa shape index (κ2) is 6.91. The van der Waals surface area contributed by atoms with E-state index < -0.39 is 17.6 Å². The van der Waals surface area contributed by atoms with Crippen LogP contribution in [0.1, 0.15) is 10.4 Å². The van der Waals surface area contributed by atoms with Crippen LogP contribution in [0.3, 0.4) is 0 Å². The van der Waals surface area contributed by atoms with Crippen LogP contribution in [0.25, 0.3) is 0 Å². The minimum Gasteiger partial charge on any atom is -0.483 e. The van der Waals surface area contributed by atoms with Crippen LogP contribution in [0.5, 0.6) is 5.75 Å². The molecule has 22 heavy (non-hydrogen) atoms. The molecule has 0 aliphatic carbocycles. The molecule has 0 radical (unpaired) electrons. The molecule has 0 atom stereocenters. The Kier molecular flexibility index (Phi) is 4.95. The monoisotopic (exact) mass is 322 g/mol. The lowest BCUT2D eigenvalue weighted by molar-refractivity contribution is -0.118. The second-order valence-electron chi connectivity index (χ2n) is 4.35. The van der Waals surface area contributed by atoms with Gasteiger partial charge in [-0.2, -0.15) is 0 Å². The van der Waals surface area contributed by atoms with E-state index in [1.807, 2.05) is 0 Å². The fourth-order valence-corrected chi connectivity index (χ4v) is 1.87. The molecular formula is C15H12ClFN2O3. The van der Waals surface area contributed by atoms with Crippen LogP contribution in [0.2, 0.25) is 5.02 Å². The van der Waals surface area contributed by atoms with Crippen LogP contribution < -0.4 is 15.8 Å². The van der Waals surface area contributed by atoms with Crippen molar-refractivity contribution in [3.63, 3.8) is 0 Å². The van der Waals surface area contributed by atoms with Gasteiger partial charge in [0.05, 0.1) is 5.56 Å². The van der Waals surface area contributed by atoms with Crippen molar-refractivity contribution in [1.29, 1.82) is 0 Å². The molecule has 7 heteroatoms. The molecule has 0 bridgehead atoms. The Morgan fingerprint density at radius 1 is 1.18 bits per heavy atom. The average molecular weight is 323 g/mol. The Labute approximate surface area is 130 Å². The lowest BCUT2D eigenvalue weighted by Crippen LogP contribution is -2.21. The summed E-state index contributed by atoms with van der Waals surface area (Å²) in [6.45, 7) is -0.334. The molecule has 0 aliphatic heterocycles. The number of nitrogens with one attached hydrogen (secondary N) is 1. The summed E-state index contributed by atoms with van der Waals surface area (Å²) < 4.78 is 18.0. The number of hydrogen-bond donors (Lipinski definition) is 2. The molecule has 0 saturated heterocycles. The summed E-state index contributed by atoms with van der Waals surface area (Å²) in [6, 6.07) is 9.61. The topological polar surface area (TPSA) is 81.4 Å². The fraction of sp³-hybridized carbons (Fsp3) is 0.0667. The van der Waals surface area contributed by atoms with Crippen molar-refractivity contribution in [3.05, 3.63) is 58.9 Å². The number of rotatable bonds is 5. The SMILES string of the molecule is NC(=O)c1cc(Cl)ccc1OCC(=O)Nc1ccc(F)cc1. The number of primary amides is 1. The van der Waals surface area contributed by atoms with E-state index in [-0.39, 0.29) is 17.9 Å². The molecule has 0 unspecified atom stereocenters. The van der Waals surface area contributed by atoms with Crippen LogP contribution in [0.15, 0.2) is 42.5 Å². The van der Waals surface area contributed by atoms with Gasteiger partial charge in [0, 0.05) is 10.7 Å². The fourth-order valence-electron chi connectivity index (χ4n) is 1.69. The van der Waals surface area contributed by atoms with Gasteiger partial charge in [0.2, 0.25) is 0 Å². The van der Waals surface area contributed by atoms with Crippen molar-refractivity contribution < 1.29 is 18.7 Å². The number of benzene rings is 2. The average Bonchev–Trinajstić information content (AvgIpc) is 2.48. The van der Waals surface area contributed by atoms with Crippen molar-refractivity contribution in [2.75, 3.05) is 11.9 Å². The quantitative estimate of drug-likeness (QED) is 0.887. The minimum atomic E-state index is -0.712. The Morgan fingerprint density at radius 2 is 1.86 bits per heavy atom. The zero-order chi connectivity index (χ0) is 16.1. The maximum atomic E-state index is 12.8. The van der Waals surface area contributed by atoms with Gasteiger partial charge in [0.15, 0.2) is 6.61 Å². The molecule has 2 aromatic carbocycles. The summed E-state index contributed by atoms with van der Waals surface area (Å²) in [5.74, 6) is -1.42. The summed E-state index contributed by atoms with van der Waals surface area (Å²) in [7, 11) is 0. The summed E-state index contributed by atoms with van der Waals surface area (Å²) in [5.41, 5.74) is 5.73. The number of amides is 2. The Balaban J connectivity index is 1.99. The zero-order valence-electron chi connectivity index (χ0n) is 11.3. The van der Waals surface area contributed by atoms with E-state index in [9.17, 15) is 14.0 Å². The van der Waals surface area contributed by atoms with Gasteiger partial charge >= 0.3 is 0 Å².